The standard InChI is InChI=1S/C20H17F3N4O/c1-2-13-7-3-5-9-16(13)27-19-24-11-14(12-25-19)18(28)26-17-10-6-4-8-15(17)20(21,22)23/h3-12H,2H2,1H3,(H,26,28)(H,24,25,27). The summed E-state index contributed by atoms with van der Waals surface area (Å²) in [5.41, 5.74) is 0.738. The molecular formula is C20H17F3N4O. The van der Waals surface area contributed by atoms with Gasteiger partial charge in [-0.3, -0.25) is 4.79 Å². The van der Waals surface area contributed by atoms with Gasteiger partial charge in [0.2, 0.25) is 5.95 Å². The third kappa shape index (κ3) is 4.46. The summed E-state index contributed by atoms with van der Waals surface area (Å²) in [7, 11) is 0. The van der Waals surface area contributed by atoms with Gasteiger partial charge in [-0.1, -0.05) is 37.3 Å². The number of aromatic nitrogens is 2. The third-order valence-electron chi connectivity index (χ3n) is 4.04. The number of carbonyl (C=O) groups excluding carboxylic acids is 1. The van der Waals surface area contributed by atoms with Gasteiger partial charge in [0.05, 0.1) is 16.8 Å². The Balaban J connectivity index is 1.75. The highest BCUT2D eigenvalue weighted by Crippen LogP contribution is 2.34. The predicted octanol–water partition coefficient (Wildman–Crippen LogP) is 5.05. The Hall–Kier alpha value is -3.42. The lowest BCUT2D eigenvalue weighted by Crippen LogP contribution is -2.17. The summed E-state index contributed by atoms with van der Waals surface area (Å²) in [4.78, 5) is 20.4. The maximum Gasteiger partial charge on any atom is 0.418 e. The van der Waals surface area contributed by atoms with Crippen LogP contribution in [0.2, 0.25) is 0 Å². The molecule has 8 heteroatoms. The molecule has 0 spiro atoms. The van der Waals surface area contributed by atoms with Gasteiger partial charge >= 0.3 is 6.18 Å². The first kappa shape index (κ1) is 19.3. The van der Waals surface area contributed by atoms with Gasteiger partial charge in [0, 0.05) is 18.1 Å². The smallest absolute Gasteiger partial charge is 0.324 e. The molecule has 0 saturated carbocycles. The van der Waals surface area contributed by atoms with E-state index in [0.717, 1.165) is 23.7 Å². The van der Waals surface area contributed by atoms with E-state index in [1.165, 1.54) is 30.6 Å². The molecule has 5 nitrogen and oxygen atoms in total. The minimum Gasteiger partial charge on any atom is -0.324 e. The Labute approximate surface area is 159 Å². The molecule has 0 unspecified atom stereocenters. The van der Waals surface area contributed by atoms with Crippen LogP contribution in [0.5, 0.6) is 0 Å². The highest BCUT2D eigenvalue weighted by Gasteiger charge is 2.33. The molecule has 1 heterocycles. The fourth-order valence-corrected chi connectivity index (χ4v) is 2.61. The van der Waals surface area contributed by atoms with E-state index < -0.39 is 17.6 Å². The number of para-hydroxylation sites is 2. The van der Waals surface area contributed by atoms with Crippen molar-refractivity contribution in [3.8, 4) is 0 Å². The van der Waals surface area contributed by atoms with Crippen molar-refractivity contribution in [2.24, 2.45) is 0 Å². The Morgan fingerprint density at radius 1 is 0.964 bits per heavy atom. The summed E-state index contributed by atoms with van der Waals surface area (Å²) in [6, 6.07) is 12.4. The quantitative estimate of drug-likeness (QED) is 0.644. The van der Waals surface area contributed by atoms with Crippen LogP contribution >= 0.6 is 0 Å². The van der Waals surface area contributed by atoms with E-state index in [-0.39, 0.29) is 17.2 Å². The Morgan fingerprint density at radius 2 is 1.57 bits per heavy atom. The van der Waals surface area contributed by atoms with Crippen LogP contribution in [0.4, 0.5) is 30.5 Å². The second kappa shape index (κ2) is 8.08. The van der Waals surface area contributed by atoms with Gasteiger partial charge in [-0.15, -0.1) is 0 Å². The second-order valence-electron chi connectivity index (χ2n) is 5.93. The number of nitrogens with zero attached hydrogens (tertiary/aromatic N) is 2. The number of hydrogen-bond acceptors (Lipinski definition) is 4. The molecular weight excluding hydrogens is 369 g/mol. The Kier molecular flexibility index (Phi) is 5.58. The predicted molar refractivity (Wildman–Crippen MR) is 101 cm³/mol. The van der Waals surface area contributed by atoms with E-state index in [1.54, 1.807) is 0 Å². The largest absolute Gasteiger partial charge is 0.418 e. The van der Waals surface area contributed by atoms with E-state index in [1.807, 2.05) is 31.2 Å². The minimum atomic E-state index is -4.57. The molecule has 28 heavy (non-hydrogen) atoms. The number of aryl methyl sites for hydroxylation is 1. The fourth-order valence-electron chi connectivity index (χ4n) is 2.61. The van der Waals surface area contributed by atoms with Crippen molar-refractivity contribution < 1.29 is 18.0 Å². The minimum absolute atomic E-state index is 0.0475. The van der Waals surface area contributed by atoms with Crippen LogP contribution in [0.1, 0.15) is 28.4 Å². The zero-order valence-corrected chi connectivity index (χ0v) is 14.9. The third-order valence-corrected chi connectivity index (χ3v) is 4.04. The number of nitrogens with one attached hydrogen (secondary N) is 2. The fraction of sp³-hybridized carbons (Fsp3) is 0.150. The van der Waals surface area contributed by atoms with Gasteiger partial charge in [0.25, 0.3) is 5.91 Å². The molecule has 1 aromatic heterocycles. The summed E-state index contributed by atoms with van der Waals surface area (Å²) in [6.45, 7) is 2.02. The van der Waals surface area contributed by atoms with Gasteiger partial charge in [0.15, 0.2) is 0 Å². The molecule has 0 fully saturated rings. The SMILES string of the molecule is CCc1ccccc1Nc1ncc(C(=O)Nc2ccccc2C(F)(F)F)cn1. The molecule has 1 amide bonds. The molecule has 0 aliphatic rings. The van der Waals surface area contributed by atoms with E-state index in [9.17, 15) is 18.0 Å². The van der Waals surface area contributed by atoms with Crippen molar-refractivity contribution in [3.05, 3.63) is 77.6 Å². The van der Waals surface area contributed by atoms with Gasteiger partial charge in [-0.05, 0) is 30.2 Å². The molecule has 2 aromatic carbocycles. The summed E-state index contributed by atoms with van der Waals surface area (Å²) < 4.78 is 39.1. The summed E-state index contributed by atoms with van der Waals surface area (Å²) in [5, 5.41) is 5.33. The first-order valence-electron chi connectivity index (χ1n) is 8.53. The topological polar surface area (TPSA) is 66.9 Å². The molecule has 2 N–H and O–H groups in total. The maximum absolute atomic E-state index is 13.0. The van der Waals surface area contributed by atoms with Gasteiger partial charge < -0.3 is 10.6 Å². The summed E-state index contributed by atoms with van der Waals surface area (Å²) in [5.74, 6) is -0.439. The van der Waals surface area contributed by atoms with Crippen LogP contribution in [0.25, 0.3) is 0 Å². The zero-order chi connectivity index (χ0) is 20.1. The molecule has 0 atom stereocenters. The van der Waals surface area contributed by atoms with Crippen LogP contribution in [0, 0.1) is 0 Å². The lowest BCUT2D eigenvalue weighted by atomic mass is 10.1. The highest BCUT2D eigenvalue weighted by atomic mass is 19.4. The van der Waals surface area contributed by atoms with Crippen LogP contribution in [-0.2, 0) is 12.6 Å². The monoisotopic (exact) mass is 386 g/mol. The molecule has 0 aliphatic heterocycles. The number of halogens is 3. The van der Waals surface area contributed by atoms with Crippen molar-refractivity contribution in [1.29, 1.82) is 0 Å². The summed E-state index contributed by atoms with van der Waals surface area (Å²) >= 11 is 0. The van der Waals surface area contributed by atoms with Crippen LogP contribution in [0.3, 0.4) is 0 Å². The van der Waals surface area contributed by atoms with Crippen molar-refractivity contribution in [2.75, 3.05) is 10.6 Å². The van der Waals surface area contributed by atoms with Crippen molar-refractivity contribution in [2.45, 2.75) is 19.5 Å². The lowest BCUT2D eigenvalue weighted by Gasteiger charge is -2.13. The molecule has 0 saturated heterocycles. The van der Waals surface area contributed by atoms with Crippen molar-refractivity contribution in [1.82, 2.24) is 9.97 Å². The first-order valence-corrected chi connectivity index (χ1v) is 8.53. The highest BCUT2D eigenvalue weighted by molar-refractivity contribution is 6.04. The van der Waals surface area contributed by atoms with Gasteiger partial charge in [0.1, 0.15) is 0 Å². The molecule has 3 aromatic rings. The van der Waals surface area contributed by atoms with E-state index in [2.05, 4.69) is 20.6 Å². The van der Waals surface area contributed by atoms with E-state index >= 15 is 0 Å². The van der Waals surface area contributed by atoms with Crippen molar-refractivity contribution in [3.63, 3.8) is 0 Å². The first-order chi connectivity index (χ1) is 13.4. The van der Waals surface area contributed by atoms with Crippen LogP contribution in [-0.4, -0.2) is 15.9 Å². The Bertz CT molecular complexity index is 972. The number of amides is 1. The number of benzene rings is 2. The average molecular weight is 386 g/mol. The number of carbonyl (C=O) groups is 1. The average Bonchev–Trinajstić information content (AvgIpc) is 2.68. The van der Waals surface area contributed by atoms with Crippen LogP contribution in [0.15, 0.2) is 60.9 Å². The van der Waals surface area contributed by atoms with E-state index in [0.29, 0.717) is 0 Å². The molecule has 144 valence electrons. The van der Waals surface area contributed by atoms with Gasteiger partial charge in [-0.2, -0.15) is 13.2 Å². The second-order valence-corrected chi connectivity index (χ2v) is 5.93. The molecule has 0 bridgehead atoms. The Morgan fingerprint density at radius 3 is 2.21 bits per heavy atom. The molecule has 3 rings (SSSR count). The summed E-state index contributed by atoms with van der Waals surface area (Å²) in [6.07, 6.45) is -1.23. The zero-order valence-electron chi connectivity index (χ0n) is 14.9. The molecule has 0 aliphatic carbocycles. The van der Waals surface area contributed by atoms with Crippen LogP contribution < -0.4 is 10.6 Å². The number of hydrogen-bond donors (Lipinski definition) is 2. The molecule has 0 radical (unpaired) electrons. The number of rotatable bonds is 5. The number of alkyl halides is 3. The normalized spacial score (nSPS) is 11.1. The van der Waals surface area contributed by atoms with Crippen molar-refractivity contribution >= 4 is 23.2 Å². The lowest BCUT2D eigenvalue weighted by molar-refractivity contribution is -0.136. The van der Waals surface area contributed by atoms with E-state index in [4.69, 9.17) is 0 Å². The van der Waals surface area contributed by atoms with Gasteiger partial charge in [-0.25, -0.2) is 9.97 Å². The number of anilines is 3. The maximum atomic E-state index is 13.0.